The van der Waals surface area contributed by atoms with Gasteiger partial charge in [0, 0.05) is 13.1 Å². The van der Waals surface area contributed by atoms with Crippen molar-refractivity contribution in [2.45, 2.75) is 44.8 Å². The molecule has 2 fully saturated rings. The second-order valence-corrected chi connectivity index (χ2v) is 6.74. The van der Waals surface area contributed by atoms with E-state index in [9.17, 15) is 14.4 Å². The molecule has 0 bridgehead atoms. The molecule has 2 aliphatic heterocycles. The van der Waals surface area contributed by atoms with Crippen molar-refractivity contribution >= 4 is 17.8 Å². The first-order chi connectivity index (χ1) is 10.2. The Bertz CT molecular complexity index is 473. The molecule has 1 unspecified atom stereocenters. The summed E-state index contributed by atoms with van der Waals surface area (Å²) in [7, 11) is 1.26. The number of amides is 1. The summed E-state index contributed by atoms with van der Waals surface area (Å²) in [4.78, 5) is 37.4. The first kappa shape index (κ1) is 16.7. The van der Waals surface area contributed by atoms with Crippen molar-refractivity contribution in [1.29, 1.82) is 0 Å². The van der Waals surface area contributed by atoms with Crippen molar-refractivity contribution in [2.24, 2.45) is 5.92 Å². The minimum absolute atomic E-state index is 0.0772. The number of Topliss-reactive ketones (excluding diaryl/α,β-unsaturated/α-hetero) is 1. The molecular formula is C15H23NO6. The molecule has 1 atom stereocenters. The molecule has 2 aliphatic rings. The summed E-state index contributed by atoms with van der Waals surface area (Å²) in [5, 5.41) is 0. The lowest BCUT2D eigenvalue weighted by molar-refractivity contribution is -0.156. The fraction of sp³-hybridized carbons (Fsp3) is 0.800. The molecule has 0 N–H and O–H groups in total. The lowest BCUT2D eigenvalue weighted by atomic mass is 9.79. The van der Waals surface area contributed by atoms with E-state index in [0.717, 1.165) is 0 Å². The van der Waals surface area contributed by atoms with E-state index in [1.54, 1.807) is 4.90 Å². The lowest BCUT2D eigenvalue weighted by Gasteiger charge is -2.40. The highest BCUT2D eigenvalue weighted by Gasteiger charge is 2.55. The van der Waals surface area contributed by atoms with E-state index in [2.05, 4.69) is 0 Å². The van der Waals surface area contributed by atoms with Gasteiger partial charge in [-0.1, -0.05) is 0 Å². The van der Waals surface area contributed by atoms with Gasteiger partial charge >= 0.3 is 12.1 Å². The molecule has 2 saturated heterocycles. The fourth-order valence-electron chi connectivity index (χ4n) is 2.97. The van der Waals surface area contributed by atoms with E-state index >= 15 is 0 Å². The molecule has 0 aromatic carbocycles. The standard InChI is InChI=1S/C15H23NO6/c1-14(2,3)22-13(19)16-7-5-15(6-8-16)11(12(18)20-4)10(17)9-21-15/h11H,5-9H2,1-4H3. The predicted molar refractivity (Wildman–Crippen MR) is 76.2 cm³/mol. The summed E-state index contributed by atoms with van der Waals surface area (Å²) in [5.74, 6) is -1.70. The third-order valence-electron chi connectivity index (χ3n) is 4.05. The van der Waals surface area contributed by atoms with Crippen molar-refractivity contribution in [3.63, 3.8) is 0 Å². The number of nitrogens with zero attached hydrogens (tertiary/aromatic N) is 1. The molecule has 1 amide bonds. The van der Waals surface area contributed by atoms with E-state index in [1.165, 1.54) is 7.11 Å². The van der Waals surface area contributed by atoms with Gasteiger partial charge in [-0.05, 0) is 33.6 Å². The first-order valence-corrected chi connectivity index (χ1v) is 7.41. The number of esters is 1. The summed E-state index contributed by atoms with van der Waals surface area (Å²) < 4.78 is 15.7. The highest BCUT2D eigenvalue weighted by Crippen LogP contribution is 2.39. The molecule has 0 aliphatic carbocycles. The number of hydrogen-bond donors (Lipinski definition) is 0. The van der Waals surface area contributed by atoms with Crippen LogP contribution in [-0.2, 0) is 23.8 Å². The second-order valence-electron chi connectivity index (χ2n) is 6.74. The van der Waals surface area contributed by atoms with Gasteiger partial charge < -0.3 is 19.1 Å². The summed E-state index contributed by atoms with van der Waals surface area (Å²) in [5.41, 5.74) is -1.40. The molecule has 0 saturated carbocycles. The quantitative estimate of drug-likeness (QED) is 0.533. The Kier molecular flexibility index (Phi) is 4.47. The van der Waals surface area contributed by atoms with Crippen LogP contribution in [0.2, 0.25) is 0 Å². The van der Waals surface area contributed by atoms with Gasteiger partial charge in [0.1, 0.15) is 18.1 Å². The Morgan fingerprint density at radius 1 is 1.27 bits per heavy atom. The van der Waals surface area contributed by atoms with Crippen LogP contribution in [0, 0.1) is 5.92 Å². The van der Waals surface area contributed by atoms with Gasteiger partial charge in [-0.15, -0.1) is 0 Å². The lowest BCUT2D eigenvalue weighted by Crippen LogP contribution is -2.52. The van der Waals surface area contributed by atoms with Gasteiger partial charge in [-0.2, -0.15) is 0 Å². The maximum Gasteiger partial charge on any atom is 0.410 e. The third kappa shape index (κ3) is 3.24. The number of methoxy groups -OCH3 is 1. The number of hydrogen-bond acceptors (Lipinski definition) is 6. The third-order valence-corrected chi connectivity index (χ3v) is 4.05. The van der Waals surface area contributed by atoms with Crippen LogP contribution in [-0.4, -0.2) is 60.8 Å². The number of rotatable bonds is 1. The molecule has 2 heterocycles. The van der Waals surface area contributed by atoms with Crippen molar-refractivity contribution in [3.8, 4) is 0 Å². The van der Waals surface area contributed by atoms with E-state index in [1.807, 2.05) is 20.8 Å². The smallest absolute Gasteiger partial charge is 0.410 e. The van der Waals surface area contributed by atoms with E-state index in [4.69, 9.17) is 14.2 Å². The zero-order chi connectivity index (χ0) is 16.5. The number of carbonyl (C=O) groups is 3. The number of carbonyl (C=O) groups excluding carboxylic acids is 3. The van der Waals surface area contributed by atoms with Gasteiger partial charge in [-0.3, -0.25) is 9.59 Å². The largest absolute Gasteiger partial charge is 0.468 e. The Morgan fingerprint density at radius 3 is 2.36 bits per heavy atom. The number of likely N-dealkylation sites (tertiary alicyclic amines) is 1. The molecular weight excluding hydrogens is 290 g/mol. The molecule has 124 valence electrons. The van der Waals surface area contributed by atoms with Crippen LogP contribution in [0.25, 0.3) is 0 Å². The summed E-state index contributed by atoms with van der Waals surface area (Å²) in [6.07, 6.45) is 0.441. The van der Waals surface area contributed by atoms with Gasteiger partial charge in [0.05, 0.1) is 12.7 Å². The molecule has 0 radical (unpaired) electrons. The number of ketones is 1. The fourth-order valence-corrected chi connectivity index (χ4v) is 2.97. The second kappa shape index (κ2) is 5.87. The molecule has 7 heteroatoms. The van der Waals surface area contributed by atoms with Gasteiger partial charge in [0.2, 0.25) is 0 Å². The van der Waals surface area contributed by atoms with E-state index in [0.29, 0.717) is 25.9 Å². The Morgan fingerprint density at radius 2 is 1.86 bits per heavy atom. The zero-order valence-electron chi connectivity index (χ0n) is 13.5. The first-order valence-electron chi connectivity index (χ1n) is 7.41. The average molecular weight is 313 g/mol. The highest BCUT2D eigenvalue weighted by molar-refractivity contribution is 6.02. The number of piperidine rings is 1. The summed E-state index contributed by atoms with van der Waals surface area (Å²) in [6, 6.07) is 0. The van der Waals surface area contributed by atoms with Gasteiger partial charge in [0.25, 0.3) is 0 Å². The molecule has 22 heavy (non-hydrogen) atoms. The average Bonchev–Trinajstić information content (AvgIpc) is 2.74. The van der Waals surface area contributed by atoms with Crippen LogP contribution in [0.4, 0.5) is 4.79 Å². The van der Waals surface area contributed by atoms with Crippen LogP contribution in [0.3, 0.4) is 0 Å². The van der Waals surface area contributed by atoms with Crippen molar-refractivity contribution in [1.82, 2.24) is 4.90 Å². The predicted octanol–water partition coefficient (Wildman–Crippen LogP) is 1.14. The zero-order valence-corrected chi connectivity index (χ0v) is 13.5. The van der Waals surface area contributed by atoms with E-state index < -0.39 is 23.1 Å². The topological polar surface area (TPSA) is 82.1 Å². The molecule has 0 aromatic rings. The number of ether oxygens (including phenoxy) is 3. The highest BCUT2D eigenvalue weighted by atomic mass is 16.6. The monoisotopic (exact) mass is 313 g/mol. The maximum absolute atomic E-state index is 12.1. The Labute approximate surface area is 129 Å². The van der Waals surface area contributed by atoms with Gasteiger partial charge in [-0.25, -0.2) is 4.79 Å². The molecule has 2 rings (SSSR count). The van der Waals surface area contributed by atoms with Crippen LogP contribution >= 0.6 is 0 Å². The SMILES string of the molecule is COC(=O)C1C(=O)COC12CCN(C(=O)OC(C)(C)C)CC2. The van der Waals surface area contributed by atoms with Crippen molar-refractivity contribution in [3.05, 3.63) is 0 Å². The van der Waals surface area contributed by atoms with Crippen LogP contribution < -0.4 is 0 Å². The van der Waals surface area contributed by atoms with Gasteiger partial charge in [0.15, 0.2) is 5.78 Å². The minimum Gasteiger partial charge on any atom is -0.468 e. The Hall–Kier alpha value is -1.63. The van der Waals surface area contributed by atoms with Crippen LogP contribution in [0.1, 0.15) is 33.6 Å². The summed E-state index contributed by atoms with van der Waals surface area (Å²) >= 11 is 0. The maximum atomic E-state index is 12.1. The van der Waals surface area contributed by atoms with Crippen molar-refractivity contribution < 1.29 is 28.6 Å². The van der Waals surface area contributed by atoms with E-state index in [-0.39, 0.29) is 18.5 Å². The minimum atomic E-state index is -0.890. The normalized spacial score (nSPS) is 24.5. The molecule has 0 aromatic heterocycles. The molecule has 1 spiro atoms. The summed E-state index contributed by atoms with van der Waals surface area (Å²) in [6.45, 7) is 6.12. The van der Waals surface area contributed by atoms with Crippen LogP contribution in [0.15, 0.2) is 0 Å². The van der Waals surface area contributed by atoms with Crippen molar-refractivity contribution in [2.75, 3.05) is 26.8 Å². The molecule has 7 nitrogen and oxygen atoms in total. The Balaban J connectivity index is 2.03. The van der Waals surface area contributed by atoms with Crippen LogP contribution in [0.5, 0.6) is 0 Å².